The van der Waals surface area contributed by atoms with Crippen LogP contribution in [0, 0.1) is 26.2 Å². The highest BCUT2D eigenvalue weighted by atomic mass is 16.7. The molecule has 0 saturated carbocycles. The first-order chi connectivity index (χ1) is 50.9. The van der Waals surface area contributed by atoms with Gasteiger partial charge in [-0.2, -0.15) is 0 Å². The number of benzene rings is 3. The van der Waals surface area contributed by atoms with E-state index in [1.54, 1.807) is 0 Å². The normalized spacial score (nSPS) is 24.6. The number of aryl methyl sites for hydroxylation is 3. The number of aliphatic hydroxyl groups excluding tert-OH is 12. The summed E-state index contributed by atoms with van der Waals surface area (Å²) in [5, 5.41) is 142. The topological polar surface area (TPSA) is 438 Å². The molecule has 6 heterocycles. The van der Waals surface area contributed by atoms with Gasteiger partial charge in [-0.15, -0.1) is 15.3 Å². The fraction of sp³-hybridized carbons (Fsp3) is 0.658. The van der Waals surface area contributed by atoms with Crippen molar-refractivity contribution in [3.63, 3.8) is 0 Å². The maximum Gasteiger partial charge on any atom is 0.238 e. The number of aromatic nitrogens is 6. The van der Waals surface area contributed by atoms with Gasteiger partial charge in [0.2, 0.25) is 36.5 Å². The smallest absolute Gasteiger partial charge is 0.238 e. The number of aromatic amines is 3. The van der Waals surface area contributed by atoms with Crippen molar-refractivity contribution < 1.29 is 104 Å². The van der Waals surface area contributed by atoms with E-state index in [1.165, 1.54) is 38.5 Å². The summed E-state index contributed by atoms with van der Waals surface area (Å²) >= 11 is 0. The van der Waals surface area contributed by atoms with Crippen LogP contribution in [0.4, 0.5) is 0 Å². The van der Waals surface area contributed by atoms with Crippen LogP contribution in [0.5, 0.6) is 34.9 Å². The summed E-state index contributed by atoms with van der Waals surface area (Å²) in [4.78, 5) is 0. The Morgan fingerprint density at radius 2 is 0.720 bits per heavy atom. The highest BCUT2D eigenvalue weighted by molar-refractivity contribution is 5.45. The minimum atomic E-state index is -1.53. The SMILES string of the molecule is CCCCCCCOc1ccc(Cc2c(O[C@@H]3O[C@H](CO)[C@@H](O)[C@H](O)[C@H]3O)n[nH]c2C(C)C)c(C)c1.Cc1cc(OCCCCCC(C)(C)C)ccc1Cc1c(O[C@@H]2O[C@H](CO)[C@@H](O)[C@H](O)[C@H]2O)n[nH]c1C(C)C.Cc1cc(OCCCN)ccc1Cc1c(O[C@@H]2O[C@H](CO)[C@@H](O)[C@H](O)[C@H]2O)n[nH]c1C(C)C. The van der Waals surface area contributed by atoms with Gasteiger partial charge in [0.25, 0.3) is 0 Å². The number of nitrogens with zero attached hydrogens (tertiary/aromatic N) is 3. The van der Waals surface area contributed by atoms with Gasteiger partial charge in [-0.3, -0.25) is 15.3 Å². The summed E-state index contributed by atoms with van der Waals surface area (Å²) in [6.45, 7) is 28.3. The highest BCUT2D eigenvalue weighted by Crippen LogP contribution is 2.37. The van der Waals surface area contributed by atoms with Crippen LogP contribution in [0.1, 0.15) is 218 Å². The van der Waals surface area contributed by atoms with Gasteiger partial charge in [0.05, 0.1) is 39.6 Å². The van der Waals surface area contributed by atoms with Crippen LogP contribution in [0.3, 0.4) is 0 Å². The molecule has 3 aliphatic heterocycles. The van der Waals surface area contributed by atoms with Crippen LogP contribution in [0.2, 0.25) is 0 Å². The number of unbranched alkanes of at least 4 members (excludes halogenated alkanes) is 6. The molecule has 9 rings (SSSR count). The lowest BCUT2D eigenvalue weighted by Gasteiger charge is -2.39. The average molecular weight is 1510 g/mol. The number of rotatable bonds is 35. The molecule has 600 valence electrons. The van der Waals surface area contributed by atoms with Gasteiger partial charge in [0.1, 0.15) is 90.5 Å². The number of hydrogen-bond donors (Lipinski definition) is 16. The molecule has 28 heteroatoms. The van der Waals surface area contributed by atoms with E-state index < -0.39 is 112 Å². The van der Waals surface area contributed by atoms with Gasteiger partial charge in [0, 0.05) is 53.0 Å². The number of nitrogens with two attached hydrogens (primary N) is 1. The minimum absolute atomic E-state index is 0.124. The van der Waals surface area contributed by atoms with Crippen molar-refractivity contribution in [3.05, 3.63) is 122 Å². The van der Waals surface area contributed by atoms with Crippen LogP contribution >= 0.6 is 0 Å². The standard InChI is InChI=1S/C29H46N2O7.C27H42N2O7.C23H35N3O7/c1-17(2)23-21(27(31-30-23)38-28-26(35)25(34)24(33)22(16-32)37-28)15-19-10-11-20(14-18(19)3)36-13-9-7-8-12-29(4,5)6;1-5-6-7-8-9-12-34-19-11-10-18(17(4)13-19)14-20-22(16(2)3)28-29-26(20)36-27-25(33)24(32)23(31)21(15-30)35-27;1-12(2)18-16(10-14-5-6-15(9-13(14)3)31-8-4-7-24)22(26-25-18)33-23-21(30)20(29)19(28)17(11-27)32-23/h10-11,14,17,22,24-26,28,32-35H,7-9,12-13,15-16H2,1-6H3,(H,30,31);10-11,13,16,21,23-25,27,30-33H,5-9,12,14-15H2,1-4H3,(H,28,29);5-6,9,12,17,19-21,23,27-30H,4,7-8,10-11,24H2,1-3H3,(H,25,26)/t22-,24-,25+,26-,28+;21-,23-,24+,25-,27+;17-,19-,20+,21-,23+/m111/s1. The molecule has 0 amide bonds. The monoisotopic (exact) mass is 1510 g/mol. The molecule has 107 heavy (non-hydrogen) atoms. The number of ether oxygens (including phenoxy) is 9. The van der Waals surface area contributed by atoms with E-state index in [4.69, 9.17) is 48.4 Å². The van der Waals surface area contributed by atoms with Crippen molar-refractivity contribution in [1.29, 1.82) is 0 Å². The molecule has 6 aromatic rings. The summed E-state index contributed by atoms with van der Waals surface area (Å²) in [5.74, 6) is 3.57. The molecule has 28 nitrogen and oxygen atoms in total. The third-order valence-corrected chi connectivity index (χ3v) is 19.6. The quantitative estimate of drug-likeness (QED) is 0.0180. The van der Waals surface area contributed by atoms with E-state index >= 15 is 0 Å². The van der Waals surface area contributed by atoms with E-state index in [-0.39, 0.29) is 35.4 Å². The number of hydrogen-bond acceptors (Lipinski definition) is 25. The van der Waals surface area contributed by atoms with E-state index in [0.717, 1.165) is 110 Å². The molecule has 3 saturated heterocycles. The van der Waals surface area contributed by atoms with E-state index in [2.05, 4.69) is 58.3 Å². The fourth-order valence-corrected chi connectivity index (χ4v) is 12.9. The summed E-state index contributed by atoms with van der Waals surface area (Å²) in [6.07, 6.45) is -7.60. The predicted molar refractivity (Wildman–Crippen MR) is 400 cm³/mol. The zero-order valence-electron chi connectivity index (χ0n) is 64.7. The first kappa shape index (κ1) is 87.7. The summed E-state index contributed by atoms with van der Waals surface area (Å²) in [6, 6.07) is 18.0. The van der Waals surface area contributed by atoms with Crippen LogP contribution < -0.4 is 34.2 Å². The van der Waals surface area contributed by atoms with E-state index in [0.29, 0.717) is 51.0 Å². The molecule has 3 fully saturated rings. The second-order valence-electron chi connectivity index (χ2n) is 30.4. The maximum atomic E-state index is 10.4. The van der Waals surface area contributed by atoms with Gasteiger partial charge in [0.15, 0.2) is 0 Å². The third kappa shape index (κ3) is 24.5. The van der Waals surface area contributed by atoms with Crippen molar-refractivity contribution in [2.75, 3.05) is 46.2 Å². The van der Waals surface area contributed by atoms with Gasteiger partial charge >= 0.3 is 0 Å². The van der Waals surface area contributed by atoms with Gasteiger partial charge in [-0.05, 0) is 146 Å². The lowest BCUT2D eigenvalue weighted by atomic mass is 9.89. The summed E-state index contributed by atoms with van der Waals surface area (Å²) < 4.78 is 51.8. The van der Waals surface area contributed by atoms with Gasteiger partial charge in [-0.25, -0.2) is 0 Å². The van der Waals surface area contributed by atoms with Crippen molar-refractivity contribution in [3.8, 4) is 34.9 Å². The van der Waals surface area contributed by atoms with Crippen LogP contribution in [-0.4, -0.2) is 230 Å². The second-order valence-corrected chi connectivity index (χ2v) is 30.4. The Morgan fingerprint density at radius 1 is 0.421 bits per heavy atom. The molecule has 15 atom stereocenters. The molecular formula is C79H123N7O21. The van der Waals surface area contributed by atoms with E-state index in [9.17, 15) is 61.3 Å². The van der Waals surface area contributed by atoms with Gasteiger partial charge in [-0.1, -0.05) is 126 Å². The summed E-state index contributed by atoms with van der Waals surface area (Å²) in [7, 11) is 0. The average Bonchev–Trinajstić information content (AvgIpc) is 1.75. The molecule has 0 bridgehead atoms. The number of aliphatic hydroxyl groups is 12. The lowest BCUT2D eigenvalue weighted by molar-refractivity contribution is -0.278. The first-order valence-electron chi connectivity index (χ1n) is 37.9. The van der Waals surface area contributed by atoms with Crippen molar-refractivity contribution in [1.82, 2.24) is 30.6 Å². The van der Waals surface area contributed by atoms with Gasteiger partial charge < -0.3 is 110 Å². The third-order valence-electron chi connectivity index (χ3n) is 19.6. The Bertz CT molecular complexity index is 3590. The van der Waals surface area contributed by atoms with Crippen LogP contribution in [0.25, 0.3) is 0 Å². The lowest BCUT2D eigenvalue weighted by Crippen LogP contribution is -2.60. The molecule has 3 aliphatic rings. The highest BCUT2D eigenvalue weighted by Gasteiger charge is 2.48. The number of H-pyrrole nitrogens is 3. The molecule has 0 radical (unpaired) electrons. The molecule has 17 N–H and O–H groups in total. The van der Waals surface area contributed by atoms with Crippen LogP contribution in [0.15, 0.2) is 54.6 Å². The van der Waals surface area contributed by atoms with E-state index in [1.807, 2.05) is 117 Å². The van der Waals surface area contributed by atoms with Crippen molar-refractivity contribution >= 4 is 0 Å². The maximum absolute atomic E-state index is 10.4. The Balaban J connectivity index is 0.000000224. The fourth-order valence-electron chi connectivity index (χ4n) is 12.9. The number of nitrogens with one attached hydrogen (secondary N) is 3. The largest absolute Gasteiger partial charge is 0.494 e. The van der Waals surface area contributed by atoms with Crippen LogP contribution in [-0.2, 0) is 33.5 Å². The molecule has 3 aromatic carbocycles. The minimum Gasteiger partial charge on any atom is -0.494 e. The van der Waals surface area contributed by atoms with Crippen molar-refractivity contribution in [2.45, 2.75) is 283 Å². The molecule has 0 unspecified atom stereocenters. The summed E-state index contributed by atoms with van der Waals surface area (Å²) in [5.41, 5.74) is 17.3. The predicted octanol–water partition coefficient (Wildman–Crippen LogP) is 6.90. The Kier molecular flexibility index (Phi) is 34.4. The molecule has 0 aliphatic carbocycles. The molecular weight excluding hydrogens is 1380 g/mol. The molecule has 0 spiro atoms. The zero-order chi connectivity index (χ0) is 78.4. The van der Waals surface area contributed by atoms with Crippen molar-refractivity contribution in [2.24, 2.45) is 11.1 Å². The Morgan fingerprint density at radius 3 is 0.991 bits per heavy atom. The first-order valence-corrected chi connectivity index (χ1v) is 37.9. The zero-order valence-corrected chi connectivity index (χ0v) is 64.7. The Hall–Kier alpha value is -6.55. The Labute approximate surface area is 629 Å². The second kappa shape index (κ2) is 42.0. The molecule has 3 aromatic heterocycles.